The highest BCUT2D eigenvalue weighted by Crippen LogP contribution is 2.11. The number of aromatic nitrogens is 2. The number of nitrogen functional groups attached to an aromatic ring is 1. The molecule has 0 spiro atoms. The fourth-order valence-electron chi connectivity index (χ4n) is 0.465. The van der Waals surface area contributed by atoms with E-state index in [9.17, 15) is 0 Å². The molecule has 0 unspecified atom stereocenters. The number of nitrogens with zero attached hydrogens (tertiary/aromatic N) is 2. The van der Waals surface area contributed by atoms with Crippen molar-refractivity contribution in [1.29, 1.82) is 0 Å². The second-order valence-corrected chi connectivity index (χ2v) is 2.03. The van der Waals surface area contributed by atoms with Gasteiger partial charge in [0.2, 0.25) is 5.95 Å². The number of nitrogens with two attached hydrogens (primary N) is 1. The number of rotatable bonds is 2. The molecule has 54 valence electrons. The van der Waals surface area contributed by atoms with Gasteiger partial charge in [0, 0.05) is 6.26 Å². The minimum absolute atomic E-state index is 0.258. The van der Waals surface area contributed by atoms with E-state index in [1.807, 2.05) is 6.26 Å². The number of hydrogen-bond donors (Lipinski definition) is 1. The van der Waals surface area contributed by atoms with E-state index in [4.69, 9.17) is 9.92 Å². The second-order valence-electron chi connectivity index (χ2n) is 1.53. The Labute approximate surface area is 63.0 Å². The molecule has 2 N–H and O–H groups in total. The van der Waals surface area contributed by atoms with Crippen LogP contribution >= 0.6 is 12.0 Å². The molecule has 1 aromatic rings. The summed E-state index contributed by atoms with van der Waals surface area (Å²) in [4.78, 5) is 7.45. The van der Waals surface area contributed by atoms with E-state index in [0.29, 0.717) is 5.75 Å². The lowest BCUT2D eigenvalue weighted by molar-refractivity contribution is 0.641. The monoisotopic (exact) mass is 157 g/mol. The molecule has 10 heavy (non-hydrogen) atoms. The van der Waals surface area contributed by atoms with Gasteiger partial charge in [-0.3, -0.25) is 0 Å². The predicted octanol–water partition coefficient (Wildman–Crippen LogP) is 0.716. The van der Waals surface area contributed by atoms with Crippen LogP contribution in [0.2, 0.25) is 0 Å². The first-order valence-electron chi connectivity index (χ1n) is 2.61. The van der Waals surface area contributed by atoms with Gasteiger partial charge >= 0.3 is 0 Å². The van der Waals surface area contributed by atoms with E-state index in [2.05, 4.69) is 9.97 Å². The third kappa shape index (κ3) is 1.77. The van der Waals surface area contributed by atoms with Crippen LogP contribution in [0.5, 0.6) is 5.75 Å². The van der Waals surface area contributed by atoms with Crippen LogP contribution in [0, 0.1) is 0 Å². The molecule has 0 amide bonds. The molecule has 0 aliphatic heterocycles. The molecule has 0 radical (unpaired) electrons. The molecule has 0 aliphatic carbocycles. The van der Waals surface area contributed by atoms with Crippen molar-refractivity contribution in [2.24, 2.45) is 0 Å². The Morgan fingerprint density at radius 3 is 2.60 bits per heavy atom. The lowest BCUT2D eigenvalue weighted by Crippen LogP contribution is -1.93. The maximum absolute atomic E-state index is 5.24. The van der Waals surface area contributed by atoms with E-state index in [1.54, 1.807) is 0 Å². The zero-order chi connectivity index (χ0) is 7.40. The zero-order valence-corrected chi connectivity index (χ0v) is 6.26. The van der Waals surface area contributed by atoms with Crippen LogP contribution in [0.3, 0.4) is 0 Å². The van der Waals surface area contributed by atoms with Crippen molar-refractivity contribution < 1.29 is 4.18 Å². The Hall–Kier alpha value is -0.970. The molecule has 0 saturated carbocycles. The van der Waals surface area contributed by atoms with E-state index >= 15 is 0 Å². The fraction of sp³-hybridized carbons (Fsp3) is 0.200. The van der Waals surface area contributed by atoms with E-state index in [0.717, 1.165) is 0 Å². The van der Waals surface area contributed by atoms with E-state index in [1.165, 1.54) is 24.4 Å². The third-order valence-corrected chi connectivity index (χ3v) is 1.19. The van der Waals surface area contributed by atoms with Crippen LogP contribution in [-0.4, -0.2) is 16.2 Å². The van der Waals surface area contributed by atoms with Crippen LogP contribution in [0.15, 0.2) is 12.4 Å². The summed E-state index contributed by atoms with van der Waals surface area (Å²) in [7, 11) is 0. The maximum Gasteiger partial charge on any atom is 0.220 e. The quantitative estimate of drug-likeness (QED) is 0.641. The summed E-state index contributed by atoms with van der Waals surface area (Å²) in [6.07, 6.45) is 4.87. The van der Waals surface area contributed by atoms with Gasteiger partial charge in [-0.05, 0) is 0 Å². The summed E-state index contributed by atoms with van der Waals surface area (Å²) in [6, 6.07) is 0. The topological polar surface area (TPSA) is 61.0 Å². The minimum Gasteiger partial charge on any atom is -0.423 e. The number of hydrogen-bond acceptors (Lipinski definition) is 5. The Morgan fingerprint density at radius 1 is 1.50 bits per heavy atom. The molecule has 0 atom stereocenters. The average molecular weight is 157 g/mol. The van der Waals surface area contributed by atoms with E-state index < -0.39 is 0 Å². The molecule has 1 heterocycles. The molecule has 4 nitrogen and oxygen atoms in total. The highest BCUT2D eigenvalue weighted by molar-refractivity contribution is 7.94. The van der Waals surface area contributed by atoms with Gasteiger partial charge in [-0.25, -0.2) is 9.97 Å². The van der Waals surface area contributed by atoms with Crippen LogP contribution in [0.25, 0.3) is 0 Å². The van der Waals surface area contributed by atoms with Gasteiger partial charge in [0.15, 0.2) is 5.75 Å². The fourth-order valence-corrected chi connectivity index (χ4v) is 0.744. The smallest absolute Gasteiger partial charge is 0.220 e. The minimum atomic E-state index is 0.258. The van der Waals surface area contributed by atoms with Gasteiger partial charge in [-0.2, -0.15) is 0 Å². The van der Waals surface area contributed by atoms with Crippen molar-refractivity contribution in [3.05, 3.63) is 12.4 Å². The van der Waals surface area contributed by atoms with Crippen molar-refractivity contribution in [3.8, 4) is 5.75 Å². The summed E-state index contributed by atoms with van der Waals surface area (Å²) in [5.41, 5.74) is 5.24. The summed E-state index contributed by atoms with van der Waals surface area (Å²) in [5, 5.41) is 0. The first kappa shape index (κ1) is 7.14. The van der Waals surface area contributed by atoms with Crippen molar-refractivity contribution in [1.82, 2.24) is 9.97 Å². The van der Waals surface area contributed by atoms with Gasteiger partial charge < -0.3 is 9.92 Å². The first-order chi connectivity index (χ1) is 4.83. The second kappa shape index (κ2) is 3.26. The van der Waals surface area contributed by atoms with Crippen LogP contribution < -0.4 is 9.92 Å². The van der Waals surface area contributed by atoms with Crippen molar-refractivity contribution in [2.45, 2.75) is 0 Å². The average Bonchev–Trinajstić information content (AvgIpc) is 1.95. The maximum atomic E-state index is 5.24. The molecule has 0 fully saturated rings. The molecule has 1 aromatic heterocycles. The summed E-state index contributed by atoms with van der Waals surface area (Å²) in [6.45, 7) is 0. The standard InChI is InChI=1S/C5H7N3OS/c1-10-9-4-2-7-5(6)8-3-4/h2-3H,1H3,(H2,6,7,8). The van der Waals surface area contributed by atoms with Crippen LogP contribution in [-0.2, 0) is 0 Å². The highest BCUT2D eigenvalue weighted by atomic mass is 32.2. The molecule has 1 rings (SSSR count). The van der Waals surface area contributed by atoms with Gasteiger partial charge in [0.05, 0.1) is 24.4 Å². The Bertz CT molecular complexity index is 201. The van der Waals surface area contributed by atoms with E-state index in [-0.39, 0.29) is 5.95 Å². The van der Waals surface area contributed by atoms with Crippen LogP contribution in [0.4, 0.5) is 5.95 Å². The van der Waals surface area contributed by atoms with Gasteiger partial charge in [0.25, 0.3) is 0 Å². The molecule has 0 aromatic carbocycles. The molecular formula is C5H7N3OS. The van der Waals surface area contributed by atoms with Gasteiger partial charge in [-0.15, -0.1) is 0 Å². The number of anilines is 1. The zero-order valence-electron chi connectivity index (χ0n) is 5.44. The molecule has 5 heteroatoms. The van der Waals surface area contributed by atoms with Crippen LogP contribution in [0.1, 0.15) is 0 Å². The highest BCUT2D eigenvalue weighted by Gasteiger charge is 1.92. The van der Waals surface area contributed by atoms with Gasteiger partial charge in [-0.1, -0.05) is 0 Å². The normalized spacial score (nSPS) is 9.30. The third-order valence-electron chi connectivity index (χ3n) is 0.828. The summed E-state index contributed by atoms with van der Waals surface area (Å²) in [5.74, 6) is 0.871. The summed E-state index contributed by atoms with van der Waals surface area (Å²) >= 11 is 1.24. The molecular weight excluding hydrogens is 150 g/mol. The Kier molecular flexibility index (Phi) is 2.33. The van der Waals surface area contributed by atoms with Crippen molar-refractivity contribution >= 4 is 18.0 Å². The summed E-state index contributed by atoms with van der Waals surface area (Å²) < 4.78 is 5.00. The molecule has 0 saturated heterocycles. The predicted molar refractivity (Wildman–Crippen MR) is 40.6 cm³/mol. The Morgan fingerprint density at radius 2 is 2.10 bits per heavy atom. The first-order valence-corrected chi connectivity index (χ1v) is 3.76. The SMILES string of the molecule is CSOc1cnc(N)nc1. The van der Waals surface area contributed by atoms with Crippen molar-refractivity contribution in [3.63, 3.8) is 0 Å². The lowest BCUT2D eigenvalue weighted by Gasteiger charge is -1.97. The Balaban J connectivity index is 2.69. The largest absolute Gasteiger partial charge is 0.423 e. The lowest BCUT2D eigenvalue weighted by atomic mass is 10.6. The molecule has 0 bridgehead atoms. The molecule has 0 aliphatic rings. The van der Waals surface area contributed by atoms with Crippen molar-refractivity contribution in [2.75, 3.05) is 12.0 Å². The van der Waals surface area contributed by atoms with Gasteiger partial charge in [0.1, 0.15) is 0 Å².